The average molecular weight is 359 g/mol. The molecule has 1 heterocycles. The molecule has 0 atom stereocenters. The topological polar surface area (TPSA) is 74.5 Å². The van der Waals surface area contributed by atoms with E-state index in [9.17, 15) is 10.1 Å². The van der Waals surface area contributed by atoms with Crippen molar-refractivity contribution in [2.45, 2.75) is 6.61 Å². The van der Waals surface area contributed by atoms with Gasteiger partial charge in [-0.1, -0.05) is 41.9 Å². The molecular weight excluding hydrogens is 344 g/mol. The number of nitro benzene ring substituents is 1. The Bertz CT molecular complexity index is 887. The Hall–Kier alpha value is -2.70. The van der Waals surface area contributed by atoms with Crippen LogP contribution in [0.2, 0.25) is 5.15 Å². The van der Waals surface area contributed by atoms with Gasteiger partial charge in [-0.2, -0.15) is 0 Å². The van der Waals surface area contributed by atoms with Crippen molar-refractivity contribution in [2.75, 3.05) is 13.2 Å². The maximum atomic E-state index is 11.0. The zero-order valence-corrected chi connectivity index (χ0v) is 14.0. The number of benzene rings is 2. The summed E-state index contributed by atoms with van der Waals surface area (Å²) in [6.07, 6.45) is 0. The third kappa shape index (κ3) is 4.43. The fourth-order valence-electron chi connectivity index (χ4n) is 2.36. The number of ether oxygens (including phenoxy) is 2. The highest BCUT2D eigenvalue weighted by molar-refractivity contribution is 6.30. The number of hydrogen-bond donors (Lipinski definition) is 0. The minimum atomic E-state index is -0.458. The van der Waals surface area contributed by atoms with Crippen LogP contribution >= 0.6 is 11.6 Å². The standard InChI is InChI=1S/C18H15ClN2O4/c19-18-11-17(15-10-14(21(22)23)6-7-16(15)20-18)25-9-8-24-12-13-4-2-1-3-5-13/h1-7,10-11H,8-9,12H2. The lowest BCUT2D eigenvalue weighted by molar-refractivity contribution is -0.384. The van der Waals surface area contributed by atoms with Gasteiger partial charge < -0.3 is 9.47 Å². The number of nitrogens with zero attached hydrogens (tertiary/aromatic N) is 2. The van der Waals surface area contributed by atoms with Crippen LogP contribution in [0.4, 0.5) is 5.69 Å². The van der Waals surface area contributed by atoms with Gasteiger partial charge in [-0.05, 0) is 11.6 Å². The molecule has 3 aromatic rings. The Labute approximate surface area is 149 Å². The van der Waals surface area contributed by atoms with Crippen LogP contribution in [0.1, 0.15) is 5.56 Å². The molecule has 0 fully saturated rings. The van der Waals surface area contributed by atoms with E-state index in [1.807, 2.05) is 30.3 Å². The molecule has 0 unspecified atom stereocenters. The average Bonchev–Trinajstić information content (AvgIpc) is 2.61. The molecule has 0 amide bonds. The van der Waals surface area contributed by atoms with Crippen LogP contribution in [0.15, 0.2) is 54.6 Å². The highest BCUT2D eigenvalue weighted by Crippen LogP contribution is 2.30. The summed E-state index contributed by atoms with van der Waals surface area (Å²) in [5.41, 5.74) is 1.59. The van der Waals surface area contributed by atoms with Gasteiger partial charge in [0.15, 0.2) is 0 Å². The Morgan fingerprint density at radius 3 is 2.64 bits per heavy atom. The van der Waals surface area contributed by atoms with Gasteiger partial charge >= 0.3 is 0 Å². The van der Waals surface area contributed by atoms with Crippen molar-refractivity contribution in [1.29, 1.82) is 0 Å². The van der Waals surface area contributed by atoms with E-state index in [0.717, 1.165) is 5.56 Å². The predicted molar refractivity (Wildman–Crippen MR) is 95.0 cm³/mol. The lowest BCUT2D eigenvalue weighted by Crippen LogP contribution is -2.07. The number of aromatic nitrogens is 1. The highest BCUT2D eigenvalue weighted by Gasteiger charge is 2.12. The molecule has 0 aliphatic rings. The molecule has 6 nitrogen and oxygen atoms in total. The predicted octanol–water partition coefficient (Wildman–Crippen LogP) is 4.39. The zero-order valence-electron chi connectivity index (χ0n) is 13.2. The number of non-ortho nitro benzene ring substituents is 1. The van der Waals surface area contributed by atoms with Crippen LogP contribution in [0.5, 0.6) is 5.75 Å². The summed E-state index contributed by atoms with van der Waals surface area (Å²) in [5, 5.41) is 11.8. The zero-order chi connectivity index (χ0) is 17.6. The second-order valence-corrected chi connectivity index (χ2v) is 5.68. The Morgan fingerprint density at radius 2 is 1.88 bits per heavy atom. The lowest BCUT2D eigenvalue weighted by Gasteiger charge is -2.10. The van der Waals surface area contributed by atoms with Crippen LogP contribution in [-0.2, 0) is 11.3 Å². The third-order valence-electron chi connectivity index (χ3n) is 3.53. The fraction of sp³-hybridized carbons (Fsp3) is 0.167. The Balaban J connectivity index is 1.65. The molecule has 25 heavy (non-hydrogen) atoms. The van der Waals surface area contributed by atoms with Gasteiger partial charge in [-0.15, -0.1) is 0 Å². The van der Waals surface area contributed by atoms with Gasteiger partial charge in [0, 0.05) is 23.6 Å². The van der Waals surface area contributed by atoms with Gasteiger partial charge in [0.1, 0.15) is 17.5 Å². The van der Waals surface area contributed by atoms with Crippen molar-refractivity contribution in [3.8, 4) is 5.75 Å². The van der Waals surface area contributed by atoms with E-state index in [-0.39, 0.29) is 10.8 Å². The summed E-state index contributed by atoms with van der Waals surface area (Å²) >= 11 is 5.99. The van der Waals surface area contributed by atoms with Gasteiger partial charge in [-0.3, -0.25) is 10.1 Å². The Kier molecular flexibility index (Phi) is 5.42. The van der Waals surface area contributed by atoms with E-state index in [0.29, 0.717) is 36.5 Å². The Morgan fingerprint density at radius 1 is 1.08 bits per heavy atom. The molecule has 0 radical (unpaired) electrons. The molecule has 2 aromatic carbocycles. The van der Waals surface area contributed by atoms with E-state index in [1.165, 1.54) is 12.1 Å². The van der Waals surface area contributed by atoms with Crippen LogP contribution in [0.25, 0.3) is 10.9 Å². The van der Waals surface area contributed by atoms with Crippen molar-refractivity contribution in [1.82, 2.24) is 4.98 Å². The molecule has 0 saturated heterocycles. The summed E-state index contributed by atoms with van der Waals surface area (Å²) in [6.45, 7) is 1.17. The number of pyridine rings is 1. The molecule has 0 N–H and O–H groups in total. The third-order valence-corrected chi connectivity index (χ3v) is 3.72. The molecule has 128 valence electrons. The number of rotatable bonds is 7. The van der Waals surface area contributed by atoms with E-state index in [1.54, 1.807) is 12.1 Å². The monoisotopic (exact) mass is 358 g/mol. The van der Waals surface area contributed by atoms with E-state index < -0.39 is 4.92 Å². The van der Waals surface area contributed by atoms with Crippen molar-refractivity contribution >= 4 is 28.2 Å². The van der Waals surface area contributed by atoms with Crippen molar-refractivity contribution in [3.63, 3.8) is 0 Å². The van der Waals surface area contributed by atoms with Gasteiger partial charge in [0.25, 0.3) is 5.69 Å². The first kappa shape index (κ1) is 17.1. The molecular formula is C18H15ClN2O4. The maximum absolute atomic E-state index is 11.0. The molecule has 0 aliphatic carbocycles. The number of hydrogen-bond acceptors (Lipinski definition) is 5. The summed E-state index contributed by atoms with van der Waals surface area (Å²) in [5.74, 6) is 0.446. The van der Waals surface area contributed by atoms with E-state index >= 15 is 0 Å². The van der Waals surface area contributed by atoms with Crippen LogP contribution in [-0.4, -0.2) is 23.1 Å². The van der Waals surface area contributed by atoms with Gasteiger partial charge in [-0.25, -0.2) is 4.98 Å². The van der Waals surface area contributed by atoms with Crippen molar-refractivity contribution in [3.05, 3.63) is 75.4 Å². The lowest BCUT2D eigenvalue weighted by atomic mass is 10.2. The largest absolute Gasteiger partial charge is 0.490 e. The smallest absolute Gasteiger partial charge is 0.270 e. The first-order chi connectivity index (χ1) is 12.1. The minimum absolute atomic E-state index is 0.0261. The van der Waals surface area contributed by atoms with E-state index in [4.69, 9.17) is 21.1 Å². The van der Waals surface area contributed by atoms with Crippen LogP contribution in [0.3, 0.4) is 0 Å². The van der Waals surface area contributed by atoms with Crippen LogP contribution in [0, 0.1) is 10.1 Å². The minimum Gasteiger partial charge on any atom is -0.490 e. The second-order valence-electron chi connectivity index (χ2n) is 5.29. The van der Waals surface area contributed by atoms with Gasteiger partial charge in [0.05, 0.1) is 23.7 Å². The summed E-state index contributed by atoms with van der Waals surface area (Å²) in [4.78, 5) is 14.6. The molecule has 7 heteroatoms. The van der Waals surface area contributed by atoms with E-state index in [2.05, 4.69) is 4.98 Å². The first-order valence-corrected chi connectivity index (χ1v) is 8.00. The first-order valence-electron chi connectivity index (χ1n) is 7.62. The second kappa shape index (κ2) is 7.92. The van der Waals surface area contributed by atoms with Crippen molar-refractivity contribution in [2.24, 2.45) is 0 Å². The number of fused-ring (bicyclic) bond motifs is 1. The summed E-state index contributed by atoms with van der Waals surface area (Å²) < 4.78 is 11.3. The maximum Gasteiger partial charge on any atom is 0.270 e. The highest BCUT2D eigenvalue weighted by atomic mass is 35.5. The fourth-order valence-corrected chi connectivity index (χ4v) is 2.55. The summed E-state index contributed by atoms with van der Waals surface area (Å²) in [7, 11) is 0. The molecule has 0 bridgehead atoms. The summed E-state index contributed by atoms with van der Waals surface area (Å²) in [6, 6.07) is 15.7. The molecule has 0 spiro atoms. The molecule has 0 saturated carbocycles. The molecule has 3 rings (SSSR count). The SMILES string of the molecule is O=[N+]([O-])c1ccc2nc(Cl)cc(OCCOCc3ccccc3)c2c1. The molecule has 1 aromatic heterocycles. The van der Waals surface area contributed by atoms with Gasteiger partial charge in [0.2, 0.25) is 0 Å². The number of halogens is 1. The van der Waals surface area contributed by atoms with Crippen molar-refractivity contribution < 1.29 is 14.4 Å². The normalized spacial score (nSPS) is 10.8. The number of nitro groups is 1. The molecule has 0 aliphatic heterocycles. The quantitative estimate of drug-likeness (QED) is 0.271. The van der Waals surface area contributed by atoms with Crippen LogP contribution < -0.4 is 4.74 Å².